The molecule has 19 heavy (non-hydrogen) atoms. The number of benzene rings is 1. The molecule has 2 aromatic rings. The second kappa shape index (κ2) is 5.47. The molecule has 0 saturated heterocycles. The Morgan fingerprint density at radius 3 is 2.42 bits per heavy atom. The van der Waals surface area contributed by atoms with Crippen LogP contribution < -0.4 is 10.3 Å². The third-order valence-electron chi connectivity index (χ3n) is 3.58. The van der Waals surface area contributed by atoms with Gasteiger partial charge < -0.3 is 9.88 Å². The molecule has 0 aliphatic heterocycles. The summed E-state index contributed by atoms with van der Waals surface area (Å²) in [6.45, 7) is 10.3. The predicted molar refractivity (Wildman–Crippen MR) is 82.2 cm³/mol. The number of nitrogens with one attached hydrogen (secondary N) is 1. The fraction of sp³-hybridized carbons (Fsp3) is 0.438. The van der Waals surface area contributed by atoms with E-state index in [9.17, 15) is 4.79 Å². The van der Waals surface area contributed by atoms with E-state index in [1.807, 2.05) is 12.1 Å². The fourth-order valence-corrected chi connectivity index (χ4v) is 2.35. The number of rotatable bonds is 4. The van der Waals surface area contributed by atoms with Crippen molar-refractivity contribution in [2.24, 2.45) is 0 Å². The Morgan fingerprint density at radius 2 is 1.84 bits per heavy atom. The van der Waals surface area contributed by atoms with E-state index in [1.165, 1.54) is 0 Å². The van der Waals surface area contributed by atoms with E-state index in [2.05, 4.69) is 43.6 Å². The minimum atomic E-state index is 0.103. The van der Waals surface area contributed by atoms with Crippen LogP contribution in [-0.4, -0.2) is 18.1 Å². The summed E-state index contributed by atoms with van der Waals surface area (Å²) < 4.78 is 0. The lowest BCUT2D eigenvalue weighted by Crippen LogP contribution is -2.22. The van der Waals surface area contributed by atoms with Gasteiger partial charge in [0.1, 0.15) is 0 Å². The normalized spacial score (nSPS) is 11.2. The first-order valence-corrected chi connectivity index (χ1v) is 6.98. The number of hydrogen-bond donors (Lipinski definition) is 1. The number of nitrogens with zero attached hydrogens (tertiary/aromatic N) is 1. The highest BCUT2D eigenvalue weighted by atomic mass is 16.1. The van der Waals surface area contributed by atoms with Crippen molar-refractivity contribution in [1.29, 1.82) is 0 Å². The van der Waals surface area contributed by atoms with E-state index in [-0.39, 0.29) is 5.43 Å². The van der Waals surface area contributed by atoms with Crippen molar-refractivity contribution in [2.75, 3.05) is 18.0 Å². The lowest BCUT2D eigenvalue weighted by Gasteiger charge is -2.21. The molecule has 1 N–H and O–H groups in total. The van der Waals surface area contributed by atoms with E-state index in [4.69, 9.17) is 0 Å². The molecule has 0 bridgehead atoms. The second-order valence-electron chi connectivity index (χ2n) is 5.15. The maximum absolute atomic E-state index is 12.2. The Balaban J connectivity index is 2.58. The molecule has 3 nitrogen and oxygen atoms in total. The van der Waals surface area contributed by atoms with Crippen molar-refractivity contribution in [3.8, 4) is 0 Å². The Bertz CT molecular complexity index is 624. The molecule has 0 atom stereocenters. The average molecular weight is 258 g/mol. The maximum Gasteiger partial charge on any atom is 0.189 e. The van der Waals surface area contributed by atoms with Crippen molar-refractivity contribution >= 4 is 16.6 Å². The monoisotopic (exact) mass is 258 g/mol. The van der Waals surface area contributed by atoms with Crippen molar-refractivity contribution < 1.29 is 0 Å². The van der Waals surface area contributed by atoms with Crippen LogP contribution in [0.15, 0.2) is 29.1 Å². The summed E-state index contributed by atoms with van der Waals surface area (Å²) in [6.07, 6.45) is 0. The van der Waals surface area contributed by atoms with Gasteiger partial charge in [0.15, 0.2) is 5.43 Å². The van der Waals surface area contributed by atoms with Crippen LogP contribution in [-0.2, 0) is 0 Å². The summed E-state index contributed by atoms with van der Waals surface area (Å²) in [5.41, 5.74) is 3.13. The zero-order valence-corrected chi connectivity index (χ0v) is 12.2. The third-order valence-corrected chi connectivity index (χ3v) is 3.58. The van der Waals surface area contributed by atoms with Crippen molar-refractivity contribution in [3.63, 3.8) is 0 Å². The van der Waals surface area contributed by atoms with E-state index in [0.717, 1.165) is 35.4 Å². The highest BCUT2D eigenvalue weighted by Gasteiger charge is 2.08. The summed E-state index contributed by atoms with van der Waals surface area (Å²) in [4.78, 5) is 17.8. The van der Waals surface area contributed by atoms with Gasteiger partial charge in [-0.3, -0.25) is 4.79 Å². The largest absolute Gasteiger partial charge is 0.372 e. The third kappa shape index (κ3) is 2.65. The molecule has 0 amide bonds. The summed E-state index contributed by atoms with van der Waals surface area (Å²) in [7, 11) is 0. The molecule has 0 radical (unpaired) electrons. The first-order valence-electron chi connectivity index (χ1n) is 6.98. The van der Waals surface area contributed by atoms with Crippen LogP contribution in [0.4, 0.5) is 5.69 Å². The SMILES string of the molecule is CCN(CC)c1ccc2[nH]c(C(C)C)cc(=O)c2c1. The number of pyridine rings is 1. The Kier molecular flexibility index (Phi) is 3.93. The quantitative estimate of drug-likeness (QED) is 0.911. The highest BCUT2D eigenvalue weighted by molar-refractivity contribution is 5.82. The second-order valence-corrected chi connectivity index (χ2v) is 5.15. The number of aromatic nitrogens is 1. The van der Waals surface area contributed by atoms with E-state index < -0.39 is 0 Å². The van der Waals surface area contributed by atoms with E-state index in [1.54, 1.807) is 6.07 Å². The molecular weight excluding hydrogens is 236 g/mol. The number of hydrogen-bond acceptors (Lipinski definition) is 2. The van der Waals surface area contributed by atoms with Crippen molar-refractivity contribution in [2.45, 2.75) is 33.6 Å². The maximum atomic E-state index is 12.2. The molecule has 0 saturated carbocycles. The van der Waals surface area contributed by atoms with Gasteiger partial charge in [0, 0.05) is 41.4 Å². The van der Waals surface area contributed by atoms with Crippen LogP contribution in [0.3, 0.4) is 0 Å². The van der Waals surface area contributed by atoms with E-state index in [0.29, 0.717) is 5.92 Å². The van der Waals surface area contributed by atoms with Crippen LogP contribution >= 0.6 is 0 Å². The van der Waals surface area contributed by atoms with Gasteiger partial charge in [-0.05, 0) is 38.0 Å². The van der Waals surface area contributed by atoms with Gasteiger partial charge in [0.05, 0.1) is 0 Å². The Labute approximate surface area is 114 Å². The van der Waals surface area contributed by atoms with Crippen LogP contribution in [0.1, 0.15) is 39.3 Å². The number of H-pyrrole nitrogens is 1. The predicted octanol–water partition coefficient (Wildman–Crippen LogP) is 3.50. The van der Waals surface area contributed by atoms with Gasteiger partial charge in [-0.2, -0.15) is 0 Å². The van der Waals surface area contributed by atoms with Gasteiger partial charge in [0.25, 0.3) is 0 Å². The van der Waals surface area contributed by atoms with Crippen LogP contribution in [0, 0.1) is 0 Å². The van der Waals surface area contributed by atoms with Gasteiger partial charge in [-0.1, -0.05) is 13.8 Å². The standard InChI is InChI=1S/C16H22N2O/c1-5-18(6-2)12-7-8-14-13(9-12)16(19)10-15(17-14)11(3)4/h7-11H,5-6H2,1-4H3,(H,17,19). The van der Waals surface area contributed by atoms with Crippen LogP contribution in [0.2, 0.25) is 0 Å². The van der Waals surface area contributed by atoms with Gasteiger partial charge >= 0.3 is 0 Å². The Morgan fingerprint density at radius 1 is 1.16 bits per heavy atom. The number of fused-ring (bicyclic) bond motifs is 1. The smallest absolute Gasteiger partial charge is 0.189 e. The lowest BCUT2D eigenvalue weighted by atomic mass is 10.1. The molecule has 1 heterocycles. The highest BCUT2D eigenvalue weighted by Crippen LogP contribution is 2.20. The van der Waals surface area contributed by atoms with Gasteiger partial charge in [-0.25, -0.2) is 0 Å². The molecule has 2 rings (SSSR count). The average Bonchev–Trinajstić information content (AvgIpc) is 2.40. The molecule has 0 spiro atoms. The molecule has 0 unspecified atom stereocenters. The van der Waals surface area contributed by atoms with Crippen molar-refractivity contribution in [1.82, 2.24) is 4.98 Å². The molecule has 3 heteroatoms. The molecule has 0 aliphatic rings. The minimum absolute atomic E-state index is 0.103. The zero-order valence-electron chi connectivity index (χ0n) is 12.2. The van der Waals surface area contributed by atoms with Crippen LogP contribution in [0.25, 0.3) is 10.9 Å². The number of aromatic amines is 1. The minimum Gasteiger partial charge on any atom is -0.372 e. The summed E-state index contributed by atoms with van der Waals surface area (Å²) in [5, 5.41) is 0.772. The molecule has 1 aromatic carbocycles. The number of anilines is 1. The zero-order chi connectivity index (χ0) is 14.0. The molecule has 0 fully saturated rings. The van der Waals surface area contributed by atoms with Crippen LogP contribution in [0.5, 0.6) is 0 Å². The van der Waals surface area contributed by atoms with Gasteiger partial charge in [0.2, 0.25) is 0 Å². The first kappa shape index (κ1) is 13.7. The summed E-state index contributed by atoms with van der Waals surface area (Å²) >= 11 is 0. The topological polar surface area (TPSA) is 36.1 Å². The molecular formula is C16H22N2O. The molecule has 102 valence electrons. The molecule has 0 aliphatic carbocycles. The van der Waals surface area contributed by atoms with Gasteiger partial charge in [-0.15, -0.1) is 0 Å². The summed E-state index contributed by atoms with van der Waals surface area (Å²) in [5.74, 6) is 0.333. The molecule has 1 aromatic heterocycles. The van der Waals surface area contributed by atoms with E-state index >= 15 is 0 Å². The summed E-state index contributed by atoms with van der Waals surface area (Å²) in [6, 6.07) is 7.80. The first-order chi connectivity index (χ1) is 9.06. The fourth-order valence-electron chi connectivity index (χ4n) is 2.35. The Hall–Kier alpha value is -1.77. The van der Waals surface area contributed by atoms with Crippen molar-refractivity contribution in [3.05, 3.63) is 40.2 Å². The lowest BCUT2D eigenvalue weighted by molar-refractivity contribution is 0.828.